The lowest BCUT2D eigenvalue weighted by Crippen LogP contribution is -2.37. The fourth-order valence-electron chi connectivity index (χ4n) is 1.50. The van der Waals surface area contributed by atoms with Crippen LogP contribution in [-0.4, -0.2) is 25.1 Å². The number of carbonyl (C=O) groups is 1. The van der Waals surface area contributed by atoms with Crippen LogP contribution in [0, 0.1) is 0 Å². The van der Waals surface area contributed by atoms with Crippen LogP contribution in [0.1, 0.15) is 18.9 Å². The number of alkyl halides is 2. The van der Waals surface area contributed by atoms with E-state index in [4.69, 9.17) is 5.73 Å². The molecule has 0 aliphatic heterocycles. The van der Waals surface area contributed by atoms with Crippen molar-refractivity contribution in [2.45, 2.75) is 32.4 Å². The van der Waals surface area contributed by atoms with Crippen LogP contribution in [0.3, 0.4) is 0 Å². The molecule has 0 aromatic heterocycles. The van der Waals surface area contributed by atoms with Crippen LogP contribution in [0.25, 0.3) is 0 Å². The molecule has 1 amide bonds. The Kier molecular flexibility index (Phi) is 6.21. The fourth-order valence-corrected chi connectivity index (χ4v) is 1.50. The number of halogens is 2. The lowest BCUT2D eigenvalue weighted by Gasteiger charge is -2.11. The number of nitrogens with two attached hydrogens (primary N) is 1. The standard InChI is InChI=1S/C13H18F2N2O2/c1-9(8-16)17-12(18)7-4-10-2-5-11(6-3-10)19-13(14)15/h2-3,5-6,9,13H,4,7-8,16H2,1H3,(H,17,18)/t9-/m0/s1. The molecule has 1 atom stereocenters. The van der Waals surface area contributed by atoms with Crippen LogP contribution in [0.15, 0.2) is 24.3 Å². The molecule has 6 heteroatoms. The molecule has 0 bridgehead atoms. The van der Waals surface area contributed by atoms with Gasteiger partial charge in [-0.15, -0.1) is 0 Å². The molecule has 0 heterocycles. The fraction of sp³-hybridized carbons (Fsp3) is 0.462. The number of benzene rings is 1. The second-order valence-electron chi connectivity index (χ2n) is 4.23. The largest absolute Gasteiger partial charge is 0.435 e. The van der Waals surface area contributed by atoms with Crippen molar-refractivity contribution >= 4 is 5.91 Å². The molecule has 0 saturated carbocycles. The number of aryl methyl sites for hydroxylation is 1. The van der Waals surface area contributed by atoms with Gasteiger partial charge in [-0.25, -0.2) is 0 Å². The first-order chi connectivity index (χ1) is 9.01. The summed E-state index contributed by atoms with van der Waals surface area (Å²) in [4.78, 5) is 11.5. The quantitative estimate of drug-likeness (QED) is 0.793. The molecule has 0 aliphatic carbocycles. The van der Waals surface area contributed by atoms with E-state index in [0.717, 1.165) is 5.56 Å². The van der Waals surface area contributed by atoms with Crippen molar-refractivity contribution in [1.82, 2.24) is 5.32 Å². The summed E-state index contributed by atoms with van der Waals surface area (Å²) in [6.45, 7) is -0.603. The number of hydrogen-bond donors (Lipinski definition) is 2. The average molecular weight is 272 g/mol. The highest BCUT2D eigenvalue weighted by molar-refractivity contribution is 5.76. The Morgan fingerprint density at radius 1 is 1.37 bits per heavy atom. The van der Waals surface area contributed by atoms with Crippen LogP contribution in [0.4, 0.5) is 8.78 Å². The van der Waals surface area contributed by atoms with Gasteiger partial charge in [-0.2, -0.15) is 8.78 Å². The number of nitrogens with one attached hydrogen (secondary N) is 1. The van der Waals surface area contributed by atoms with E-state index in [-0.39, 0.29) is 17.7 Å². The Labute approximate surface area is 110 Å². The molecular formula is C13H18F2N2O2. The molecule has 4 nitrogen and oxygen atoms in total. The summed E-state index contributed by atoms with van der Waals surface area (Å²) in [6.07, 6.45) is 0.872. The molecule has 1 aromatic carbocycles. The van der Waals surface area contributed by atoms with Gasteiger partial charge in [0.1, 0.15) is 5.75 Å². The van der Waals surface area contributed by atoms with Gasteiger partial charge in [-0.3, -0.25) is 4.79 Å². The van der Waals surface area contributed by atoms with Gasteiger partial charge < -0.3 is 15.8 Å². The van der Waals surface area contributed by atoms with Gasteiger partial charge >= 0.3 is 6.61 Å². The molecule has 3 N–H and O–H groups in total. The molecule has 0 saturated heterocycles. The summed E-state index contributed by atoms with van der Waals surface area (Å²) in [6, 6.07) is 6.20. The van der Waals surface area contributed by atoms with Crippen molar-refractivity contribution in [3.63, 3.8) is 0 Å². The van der Waals surface area contributed by atoms with E-state index in [1.807, 2.05) is 6.92 Å². The Balaban J connectivity index is 2.39. The van der Waals surface area contributed by atoms with Gasteiger partial charge in [0.25, 0.3) is 0 Å². The number of rotatable bonds is 7. The number of amides is 1. The minimum atomic E-state index is -2.82. The van der Waals surface area contributed by atoms with Crippen molar-refractivity contribution in [1.29, 1.82) is 0 Å². The Morgan fingerprint density at radius 2 is 2.00 bits per heavy atom. The second kappa shape index (κ2) is 7.68. The lowest BCUT2D eigenvalue weighted by molar-refractivity contribution is -0.121. The Bertz CT molecular complexity index is 396. The molecule has 106 valence electrons. The number of ether oxygens (including phenoxy) is 1. The van der Waals surface area contributed by atoms with Gasteiger partial charge in [-0.05, 0) is 31.0 Å². The minimum Gasteiger partial charge on any atom is -0.435 e. The Morgan fingerprint density at radius 3 is 2.53 bits per heavy atom. The second-order valence-corrected chi connectivity index (χ2v) is 4.23. The molecule has 19 heavy (non-hydrogen) atoms. The summed E-state index contributed by atoms with van der Waals surface area (Å²) >= 11 is 0. The average Bonchev–Trinajstić information content (AvgIpc) is 2.37. The summed E-state index contributed by atoms with van der Waals surface area (Å²) in [5, 5.41) is 2.75. The van der Waals surface area contributed by atoms with Crippen LogP contribution in [0.5, 0.6) is 5.75 Å². The third kappa shape index (κ3) is 6.15. The predicted molar refractivity (Wildman–Crippen MR) is 68.1 cm³/mol. The molecule has 0 spiro atoms. The van der Waals surface area contributed by atoms with Gasteiger partial charge in [-0.1, -0.05) is 12.1 Å². The first-order valence-electron chi connectivity index (χ1n) is 6.04. The maximum Gasteiger partial charge on any atom is 0.387 e. The maximum absolute atomic E-state index is 11.9. The summed E-state index contributed by atoms with van der Waals surface area (Å²) in [5.74, 6) is 0.0332. The summed E-state index contributed by atoms with van der Waals surface area (Å²) in [7, 11) is 0. The third-order valence-electron chi connectivity index (χ3n) is 2.55. The van der Waals surface area contributed by atoms with E-state index < -0.39 is 6.61 Å². The van der Waals surface area contributed by atoms with Crippen molar-refractivity contribution in [3.8, 4) is 5.75 Å². The molecule has 1 aromatic rings. The van der Waals surface area contributed by atoms with Gasteiger partial charge in [0.05, 0.1) is 0 Å². The number of hydrogen-bond acceptors (Lipinski definition) is 3. The highest BCUT2D eigenvalue weighted by Crippen LogP contribution is 2.15. The Hall–Kier alpha value is -1.69. The first kappa shape index (κ1) is 15.4. The zero-order valence-corrected chi connectivity index (χ0v) is 10.7. The van der Waals surface area contributed by atoms with Crippen molar-refractivity contribution in [2.75, 3.05) is 6.54 Å². The van der Waals surface area contributed by atoms with E-state index in [1.54, 1.807) is 12.1 Å². The van der Waals surface area contributed by atoms with Crippen LogP contribution in [-0.2, 0) is 11.2 Å². The first-order valence-corrected chi connectivity index (χ1v) is 6.04. The maximum atomic E-state index is 11.9. The summed E-state index contributed by atoms with van der Waals surface area (Å²) in [5.41, 5.74) is 6.28. The lowest BCUT2D eigenvalue weighted by atomic mass is 10.1. The topological polar surface area (TPSA) is 64.3 Å². The number of carbonyl (C=O) groups excluding carboxylic acids is 1. The predicted octanol–water partition coefficient (Wildman–Crippen LogP) is 1.68. The van der Waals surface area contributed by atoms with E-state index >= 15 is 0 Å². The summed E-state index contributed by atoms with van der Waals surface area (Å²) < 4.78 is 28.1. The molecule has 0 fully saturated rings. The van der Waals surface area contributed by atoms with Crippen molar-refractivity contribution in [3.05, 3.63) is 29.8 Å². The normalized spacial score (nSPS) is 12.3. The molecular weight excluding hydrogens is 254 g/mol. The smallest absolute Gasteiger partial charge is 0.387 e. The third-order valence-corrected chi connectivity index (χ3v) is 2.55. The van der Waals surface area contributed by atoms with Crippen LogP contribution in [0.2, 0.25) is 0 Å². The highest BCUT2D eigenvalue weighted by atomic mass is 19.3. The molecule has 0 aliphatic rings. The van der Waals surface area contributed by atoms with E-state index in [1.165, 1.54) is 12.1 Å². The van der Waals surface area contributed by atoms with E-state index in [0.29, 0.717) is 19.4 Å². The van der Waals surface area contributed by atoms with Gasteiger partial charge in [0.15, 0.2) is 0 Å². The van der Waals surface area contributed by atoms with Crippen molar-refractivity contribution in [2.24, 2.45) is 5.73 Å². The zero-order chi connectivity index (χ0) is 14.3. The van der Waals surface area contributed by atoms with Gasteiger partial charge in [0, 0.05) is 19.0 Å². The van der Waals surface area contributed by atoms with Crippen molar-refractivity contribution < 1.29 is 18.3 Å². The molecule has 1 rings (SSSR count). The van der Waals surface area contributed by atoms with Gasteiger partial charge in [0.2, 0.25) is 5.91 Å². The van der Waals surface area contributed by atoms with E-state index in [9.17, 15) is 13.6 Å². The zero-order valence-electron chi connectivity index (χ0n) is 10.7. The van der Waals surface area contributed by atoms with E-state index in [2.05, 4.69) is 10.1 Å². The monoisotopic (exact) mass is 272 g/mol. The minimum absolute atomic E-state index is 0.0469. The highest BCUT2D eigenvalue weighted by Gasteiger charge is 2.07. The van der Waals surface area contributed by atoms with Crippen LogP contribution < -0.4 is 15.8 Å². The molecule has 0 radical (unpaired) electrons. The molecule has 0 unspecified atom stereocenters. The SMILES string of the molecule is C[C@@H](CN)NC(=O)CCc1ccc(OC(F)F)cc1. The van der Waals surface area contributed by atoms with Crippen LogP contribution >= 0.6 is 0 Å².